The molecule has 90 valence electrons. The Morgan fingerprint density at radius 3 is 2.22 bits per heavy atom. The molecule has 1 atom stereocenters. The molecule has 0 saturated heterocycles. The highest BCUT2D eigenvalue weighted by molar-refractivity contribution is 6.01. The second kappa shape index (κ2) is 4.27. The van der Waals surface area contributed by atoms with Crippen molar-refractivity contribution in [3.63, 3.8) is 0 Å². The first-order valence-corrected chi connectivity index (χ1v) is 5.86. The normalized spacial score (nSPS) is 22.4. The van der Waals surface area contributed by atoms with Gasteiger partial charge in [-0.1, -0.05) is 65.8 Å². The molecule has 0 fully saturated rings. The van der Waals surface area contributed by atoms with Crippen molar-refractivity contribution >= 4 is 5.71 Å². The molecule has 0 spiro atoms. The lowest BCUT2D eigenvalue weighted by Gasteiger charge is -2.19. The van der Waals surface area contributed by atoms with Gasteiger partial charge in [0.2, 0.25) is 0 Å². The Hall–Kier alpha value is -2.13. The van der Waals surface area contributed by atoms with Crippen molar-refractivity contribution in [2.24, 2.45) is 5.16 Å². The fourth-order valence-electron chi connectivity index (χ4n) is 2.06. The third-order valence-electron chi connectivity index (χ3n) is 3.05. The van der Waals surface area contributed by atoms with E-state index in [9.17, 15) is 5.11 Å². The topological polar surface area (TPSA) is 41.8 Å². The summed E-state index contributed by atoms with van der Waals surface area (Å²) in [4.78, 5) is 5.24. The molecule has 2 aromatic carbocycles. The Kier molecular flexibility index (Phi) is 2.61. The largest absolute Gasteiger partial charge is 0.355 e. The van der Waals surface area contributed by atoms with Gasteiger partial charge in [-0.3, -0.25) is 0 Å². The average Bonchev–Trinajstić information content (AvgIpc) is 2.85. The molecular formula is C15H13NO2. The van der Waals surface area contributed by atoms with Gasteiger partial charge in [-0.2, -0.15) is 0 Å². The molecule has 0 saturated carbocycles. The molecule has 0 amide bonds. The Morgan fingerprint density at radius 2 is 1.56 bits per heavy atom. The number of benzene rings is 2. The van der Waals surface area contributed by atoms with Crippen LogP contribution < -0.4 is 0 Å². The molecule has 3 heteroatoms. The van der Waals surface area contributed by atoms with Crippen molar-refractivity contribution in [2.75, 3.05) is 0 Å². The lowest BCUT2D eigenvalue weighted by atomic mass is 9.97. The Morgan fingerprint density at radius 1 is 0.944 bits per heavy atom. The number of oxime groups is 1. The van der Waals surface area contributed by atoms with Crippen LogP contribution in [0.15, 0.2) is 65.8 Å². The third kappa shape index (κ3) is 1.89. The molecule has 1 N–H and O–H groups in total. The van der Waals surface area contributed by atoms with Crippen molar-refractivity contribution in [1.29, 1.82) is 0 Å². The molecule has 18 heavy (non-hydrogen) atoms. The van der Waals surface area contributed by atoms with E-state index in [1.54, 1.807) is 0 Å². The molecule has 1 aliphatic rings. The van der Waals surface area contributed by atoms with Gasteiger partial charge in [-0.15, -0.1) is 0 Å². The monoisotopic (exact) mass is 239 g/mol. The SMILES string of the molecule is O[C@]1(c2ccccc2)CC(c2ccccc2)=NO1. The smallest absolute Gasteiger partial charge is 0.266 e. The lowest BCUT2D eigenvalue weighted by molar-refractivity contribution is -0.193. The van der Waals surface area contributed by atoms with Crippen LogP contribution in [0.3, 0.4) is 0 Å². The van der Waals surface area contributed by atoms with Gasteiger partial charge >= 0.3 is 0 Å². The molecule has 0 unspecified atom stereocenters. The summed E-state index contributed by atoms with van der Waals surface area (Å²) >= 11 is 0. The van der Waals surface area contributed by atoms with Crippen LogP contribution in [0.4, 0.5) is 0 Å². The Bertz CT molecular complexity index is 566. The first-order chi connectivity index (χ1) is 8.78. The van der Waals surface area contributed by atoms with Crippen molar-refractivity contribution < 1.29 is 9.94 Å². The predicted molar refractivity (Wildman–Crippen MR) is 69.0 cm³/mol. The molecule has 0 bridgehead atoms. The van der Waals surface area contributed by atoms with Crippen LogP contribution in [0.1, 0.15) is 17.5 Å². The minimum absolute atomic E-state index is 0.362. The molecule has 3 nitrogen and oxygen atoms in total. The summed E-state index contributed by atoms with van der Waals surface area (Å²) in [5, 5.41) is 14.5. The van der Waals surface area contributed by atoms with E-state index in [2.05, 4.69) is 5.16 Å². The van der Waals surface area contributed by atoms with Crippen molar-refractivity contribution in [3.05, 3.63) is 71.8 Å². The number of hydrogen-bond donors (Lipinski definition) is 1. The van der Waals surface area contributed by atoms with Crippen LogP contribution in [-0.2, 0) is 10.6 Å². The van der Waals surface area contributed by atoms with Gasteiger partial charge in [-0.05, 0) is 5.56 Å². The maximum Gasteiger partial charge on any atom is 0.266 e. The predicted octanol–water partition coefficient (Wildman–Crippen LogP) is 2.66. The van der Waals surface area contributed by atoms with E-state index in [0.29, 0.717) is 6.42 Å². The standard InChI is InChI=1S/C15H13NO2/c17-15(13-9-5-2-6-10-13)11-14(16-18-15)12-7-3-1-4-8-12/h1-10,17H,11H2/t15-/m1/s1. The molecule has 2 aromatic rings. The minimum Gasteiger partial charge on any atom is -0.355 e. The maximum atomic E-state index is 10.5. The number of rotatable bonds is 2. The maximum absolute atomic E-state index is 10.5. The third-order valence-corrected chi connectivity index (χ3v) is 3.05. The molecule has 0 aliphatic carbocycles. The fraction of sp³-hybridized carbons (Fsp3) is 0.133. The van der Waals surface area contributed by atoms with Gasteiger partial charge in [-0.25, -0.2) is 0 Å². The lowest BCUT2D eigenvalue weighted by Crippen LogP contribution is -2.25. The summed E-state index contributed by atoms with van der Waals surface area (Å²) in [5.74, 6) is -1.34. The Labute approximate surface area is 105 Å². The molecule has 0 aromatic heterocycles. The quantitative estimate of drug-likeness (QED) is 0.875. The second-order valence-corrected chi connectivity index (χ2v) is 4.32. The fourth-order valence-corrected chi connectivity index (χ4v) is 2.06. The molecule has 1 heterocycles. The van der Waals surface area contributed by atoms with Gasteiger partial charge < -0.3 is 9.94 Å². The van der Waals surface area contributed by atoms with E-state index in [1.165, 1.54) is 0 Å². The summed E-state index contributed by atoms with van der Waals surface area (Å²) in [6.45, 7) is 0. The van der Waals surface area contributed by atoms with Crippen LogP contribution in [0.2, 0.25) is 0 Å². The number of nitrogens with zero attached hydrogens (tertiary/aromatic N) is 1. The highest BCUT2D eigenvalue weighted by Crippen LogP contribution is 2.33. The summed E-state index contributed by atoms with van der Waals surface area (Å²) in [6.07, 6.45) is 0.362. The van der Waals surface area contributed by atoms with E-state index in [-0.39, 0.29) is 0 Å². The summed E-state index contributed by atoms with van der Waals surface area (Å²) in [6, 6.07) is 19.1. The molecule has 3 rings (SSSR count). The van der Waals surface area contributed by atoms with Crippen molar-refractivity contribution in [1.82, 2.24) is 0 Å². The summed E-state index contributed by atoms with van der Waals surface area (Å²) < 4.78 is 0. The van der Waals surface area contributed by atoms with Gasteiger partial charge in [0, 0.05) is 5.56 Å². The van der Waals surface area contributed by atoms with Gasteiger partial charge in [0.15, 0.2) is 0 Å². The van der Waals surface area contributed by atoms with Crippen LogP contribution in [0.25, 0.3) is 0 Å². The molecular weight excluding hydrogens is 226 g/mol. The number of aliphatic hydroxyl groups is 1. The Balaban J connectivity index is 1.86. The van der Waals surface area contributed by atoms with Crippen LogP contribution >= 0.6 is 0 Å². The van der Waals surface area contributed by atoms with Crippen molar-refractivity contribution in [2.45, 2.75) is 12.2 Å². The first-order valence-electron chi connectivity index (χ1n) is 5.86. The summed E-state index contributed by atoms with van der Waals surface area (Å²) in [5.41, 5.74) is 2.46. The van der Waals surface area contributed by atoms with E-state index in [0.717, 1.165) is 16.8 Å². The van der Waals surface area contributed by atoms with E-state index in [1.807, 2.05) is 60.7 Å². The highest BCUT2D eigenvalue weighted by atomic mass is 16.7. The molecule has 0 radical (unpaired) electrons. The second-order valence-electron chi connectivity index (χ2n) is 4.32. The first kappa shape index (κ1) is 11.0. The van der Waals surface area contributed by atoms with Gasteiger partial charge in [0.1, 0.15) is 0 Å². The van der Waals surface area contributed by atoms with E-state index >= 15 is 0 Å². The average molecular weight is 239 g/mol. The van der Waals surface area contributed by atoms with Gasteiger partial charge in [0.25, 0.3) is 5.79 Å². The molecule has 1 aliphatic heterocycles. The highest BCUT2D eigenvalue weighted by Gasteiger charge is 2.38. The van der Waals surface area contributed by atoms with Crippen LogP contribution in [-0.4, -0.2) is 10.8 Å². The number of hydrogen-bond acceptors (Lipinski definition) is 3. The van der Waals surface area contributed by atoms with Crippen LogP contribution in [0, 0.1) is 0 Å². The summed E-state index contributed by atoms with van der Waals surface area (Å²) in [7, 11) is 0. The van der Waals surface area contributed by atoms with Crippen molar-refractivity contribution in [3.8, 4) is 0 Å². The van der Waals surface area contributed by atoms with E-state index in [4.69, 9.17) is 4.84 Å². The van der Waals surface area contributed by atoms with Gasteiger partial charge in [0.05, 0.1) is 12.1 Å². The zero-order valence-corrected chi connectivity index (χ0v) is 9.78. The van der Waals surface area contributed by atoms with E-state index < -0.39 is 5.79 Å². The van der Waals surface area contributed by atoms with Crippen LogP contribution in [0.5, 0.6) is 0 Å². The zero-order chi connectivity index (χ0) is 12.4. The zero-order valence-electron chi connectivity index (χ0n) is 9.78. The minimum atomic E-state index is -1.34.